The number of benzene rings is 2. The number of nitrogens with zero attached hydrogens (tertiary/aromatic N) is 5. The van der Waals surface area contributed by atoms with Gasteiger partial charge in [0.2, 0.25) is 5.16 Å². The van der Waals surface area contributed by atoms with Crippen LogP contribution in [0.25, 0.3) is 5.69 Å². The second-order valence-electron chi connectivity index (χ2n) is 6.54. The zero-order valence-electron chi connectivity index (χ0n) is 15.1. The van der Waals surface area contributed by atoms with Gasteiger partial charge in [-0.15, -0.1) is 5.10 Å². The highest BCUT2D eigenvalue weighted by Gasteiger charge is 2.17. The van der Waals surface area contributed by atoms with Gasteiger partial charge >= 0.3 is 0 Å². The second-order valence-corrected chi connectivity index (χ2v) is 7.71. The topological polar surface area (TPSA) is 67.4 Å². The normalized spacial score (nSPS) is 12.1. The number of rotatable bonds is 6. The van der Waals surface area contributed by atoms with Crippen LogP contribution in [0, 0.1) is 18.3 Å². The first kappa shape index (κ1) is 18.2. The van der Waals surface area contributed by atoms with Crippen molar-refractivity contribution in [2.45, 2.75) is 43.5 Å². The minimum atomic E-state index is -0.252. The number of aryl methyl sites for hydroxylation is 1. The van der Waals surface area contributed by atoms with Crippen molar-refractivity contribution in [3.05, 3.63) is 65.2 Å². The second kappa shape index (κ2) is 8.15. The van der Waals surface area contributed by atoms with Crippen molar-refractivity contribution in [3.8, 4) is 11.8 Å². The number of tetrazole rings is 1. The molecule has 132 valence electrons. The summed E-state index contributed by atoms with van der Waals surface area (Å²) in [5, 5.41) is 21.9. The molecule has 3 rings (SSSR count). The number of aromatic nitrogens is 4. The molecule has 2 aromatic carbocycles. The average Bonchev–Trinajstić information content (AvgIpc) is 3.11. The van der Waals surface area contributed by atoms with Gasteiger partial charge in [-0.2, -0.15) is 9.94 Å². The lowest BCUT2D eigenvalue weighted by atomic mass is 10.0. The lowest BCUT2D eigenvalue weighted by Crippen LogP contribution is -2.07. The van der Waals surface area contributed by atoms with Crippen LogP contribution in [-0.4, -0.2) is 25.5 Å². The molecule has 3 aromatic rings. The van der Waals surface area contributed by atoms with Crippen LogP contribution in [0.2, 0.25) is 0 Å². The van der Waals surface area contributed by atoms with Crippen molar-refractivity contribution in [1.29, 1.82) is 5.26 Å². The Morgan fingerprint density at radius 1 is 1.08 bits per heavy atom. The maximum absolute atomic E-state index is 9.55. The minimum Gasteiger partial charge on any atom is -0.197 e. The fraction of sp³-hybridized carbons (Fsp3) is 0.300. The zero-order chi connectivity index (χ0) is 18.5. The lowest BCUT2D eigenvalue weighted by Gasteiger charge is -2.10. The highest BCUT2D eigenvalue weighted by Crippen LogP contribution is 2.26. The number of nitriles is 1. The van der Waals surface area contributed by atoms with E-state index in [2.05, 4.69) is 78.8 Å². The number of thioether (sulfide) groups is 1. The summed E-state index contributed by atoms with van der Waals surface area (Å²) in [5.41, 5.74) is 4.51. The van der Waals surface area contributed by atoms with Crippen LogP contribution in [0.3, 0.4) is 0 Å². The lowest BCUT2D eigenvalue weighted by molar-refractivity contribution is 0.753. The van der Waals surface area contributed by atoms with Gasteiger partial charge in [0.1, 0.15) is 5.25 Å². The summed E-state index contributed by atoms with van der Waals surface area (Å²) in [6, 6.07) is 18.8. The van der Waals surface area contributed by atoms with Gasteiger partial charge in [0.05, 0.1) is 11.8 Å². The SMILES string of the molecule is Cc1ccc(CC(C#N)Sc2nnnn2-c2ccc(C(C)C)cc2)cc1. The third kappa shape index (κ3) is 4.30. The first-order valence-corrected chi connectivity index (χ1v) is 9.45. The number of hydrogen-bond acceptors (Lipinski definition) is 5. The Labute approximate surface area is 158 Å². The van der Waals surface area contributed by atoms with E-state index in [0.717, 1.165) is 11.3 Å². The van der Waals surface area contributed by atoms with Crippen LogP contribution < -0.4 is 0 Å². The molecule has 6 heteroatoms. The van der Waals surface area contributed by atoms with Gasteiger partial charge in [0, 0.05) is 0 Å². The summed E-state index contributed by atoms with van der Waals surface area (Å²) < 4.78 is 1.69. The Hall–Kier alpha value is -2.65. The van der Waals surface area contributed by atoms with Crippen LogP contribution in [0.4, 0.5) is 0 Å². The monoisotopic (exact) mass is 363 g/mol. The first-order chi connectivity index (χ1) is 12.6. The van der Waals surface area contributed by atoms with E-state index in [4.69, 9.17) is 0 Å². The van der Waals surface area contributed by atoms with Crippen LogP contribution in [0.15, 0.2) is 53.7 Å². The molecule has 0 saturated heterocycles. The van der Waals surface area contributed by atoms with Crippen molar-refractivity contribution in [2.75, 3.05) is 0 Å². The molecular weight excluding hydrogens is 342 g/mol. The molecule has 1 unspecified atom stereocenters. The Balaban J connectivity index is 1.76. The van der Waals surface area contributed by atoms with Crippen molar-refractivity contribution < 1.29 is 0 Å². The fourth-order valence-electron chi connectivity index (χ4n) is 2.59. The van der Waals surface area contributed by atoms with Gasteiger partial charge in [-0.05, 0) is 52.9 Å². The third-order valence-corrected chi connectivity index (χ3v) is 5.20. The maximum atomic E-state index is 9.55. The third-order valence-electron chi connectivity index (χ3n) is 4.18. The molecule has 26 heavy (non-hydrogen) atoms. The van der Waals surface area contributed by atoms with E-state index < -0.39 is 0 Å². The van der Waals surface area contributed by atoms with Crippen molar-refractivity contribution in [3.63, 3.8) is 0 Å². The molecule has 0 radical (unpaired) electrons. The van der Waals surface area contributed by atoms with E-state index in [1.54, 1.807) is 4.68 Å². The summed E-state index contributed by atoms with van der Waals surface area (Å²) in [5.74, 6) is 0.476. The van der Waals surface area contributed by atoms with Gasteiger partial charge in [0.25, 0.3) is 0 Å². The van der Waals surface area contributed by atoms with Gasteiger partial charge in [0.15, 0.2) is 0 Å². The molecule has 0 N–H and O–H groups in total. The van der Waals surface area contributed by atoms with E-state index in [1.807, 2.05) is 12.1 Å². The Kier molecular flexibility index (Phi) is 5.69. The average molecular weight is 363 g/mol. The molecule has 0 aliphatic heterocycles. The minimum absolute atomic E-state index is 0.252. The molecule has 1 heterocycles. The molecular formula is C20H21N5S. The van der Waals surface area contributed by atoms with Gasteiger partial charge in [-0.3, -0.25) is 0 Å². The van der Waals surface area contributed by atoms with Crippen LogP contribution in [0.5, 0.6) is 0 Å². The van der Waals surface area contributed by atoms with E-state index >= 15 is 0 Å². The molecule has 0 bridgehead atoms. The van der Waals surface area contributed by atoms with Crippen LogP contribution in [0.1, 0.15) is 36.5 Å². The Morgan fingerprint density at radius 3 is 2.38 bits per heavy atom. The highest BCUT2D eigenvalue weighted by molar-refractivity contribution is 8.00. The Morgan fingerprint density at radius 2 is 1.77 bits per heavy atom. The number of hydrogen-bond donors (Lipinski definition) is 0. The molecule has 5 nitrogen and oxygen atoms in total. The van der Waals surface area contributed by atoms with E-state index in [0.29, 0.717) is 17.5 Å². The molecule has 0 aliphatic rings. The van der Waals surface area contributed by atoms with Crippen molar-refractivity contribution >= 4 is 11.8 Å². The summed E-state index contributed by atoms with van der Waals surface area (Å²) in [7, 11) is 0. The summed E-state index contributed by atoms with van der Waals surface area (Å²) in [4.78, 5) is 0. The molecule has 0 fully saturated rings. The van der Waals surface area contributed by atoms with E-state index in [1.165, 1.54) is 22.9 Å². The molecule has 0 aliphatic carbocycles. The standard InChI is InChI=1S/C20H21N5S/c1-14(2)17-8-10-18(11-9-17)25-20(22-23-24-25)26-19(13-21)12-16-6-4-15(3)5-7-16/h4-11,14,19H,12H2,1-3H3. The molecule has 0 spiro atoms. The molecule has 0 amide bonds. The Bertz CT molecular complexity index is 891. The van der Waals surface area contributed by atoms with Gasteiger partial charge < -0.3 is 0 Å². The summed E-state index contributed by atoms with van der Waals surface area (Å²) in [6.45, 7) is 6.38. The maximum Gasteiger partial charge on any atom is 0.215 e. The fourth-order valence-corrected chi connectivity index (χ4v) is 3.50. The van der Waals surface area contributed by atoms with Crippen LogP contribution in [-0.2, 0) is 6.42 Å². The highest BCUT2D eigenvalue weighted by atomic mass is 32.2. The zero-order valence-corrected chi connectivity index (χ0v) is 15.9. The first-order valence-electron chi connectivity index (χ1n) is 8.57. The summed E-state index contributed by atoms with van der Waals surface area (Å²) in [6.07, 6.45) is 0.653. The van der Waals surface area contributed by atoms with E-state index in [9.17, 15) is 5.26 Å². The van der Waals surface area contributed by atoms with Gasteiger partial charge in [-0.25, -0.2) is 0 Å². The van der Waals surface area contributed by atoms with Gasteiger partial charge in [-0.1, -0.05) is 67.6 Å². The quantitative estimate of drug-likeness (QED) is 0.610. The summed E-state index contributed by atoms with van der Waals surface area (Å²) >= 11 is 1.39. The molecule has 1 atom stereocenters. The van der Waals surface area contributed by atoms with Crippen LogP contribution >= 0.6 is 11.8 Å². The predicted octanol–water partition coefficient (Wildman–Crippen LogP) is 4.32. The van der Waals surface area contributed by atoms with Crippen molar-refractivity contribution in [2.24, 2.45) is 0 Å². The van der Waals surface area contributed by atoms with Crippen molar-refractivity contribution in [1.82, 2.24) is 20.2 Å². The smallest absolute Gasteiger partial charge is 0.197 e. The van der Waals surface area contributed by atoms with E-state index in [-0.39, 0.29) is 5.25 Å². The predicted molar refractivity (Wildman–Crippen MR) is 103 cm³/mol. The largest absolute Gasteiger partial charge is 0.215 e. The molecule has 1 aromatic heterocycles. The molecule has 0 saturated carbocycles.